The molecule has 0 aliphatic heterocycles. The molecule has 0 radical (unpaired) electrons. The van der Waals surface area contributed by atoms with E-state index in [-0.39, 0.29) is 0 Å². The molecule has 0 saturated heterocycles. The first kappa shape index (κ1) is 57.6. The van der Waals surface area contributed by atoms with Gasteiger partial charge in [0.15, 0.2) is 0 Å². The third-order valence-electron chi connectivity index (χ3n) is 18.7. The molecule has 95 heavy (non-hydrogen) atoms. The first-order valence-corrected chi connectivity index (χ1v) is 32.5. The van der Waals surface area contributed by atoms with Crippen molar-refractivity contribution in [1.29, 1.82) is 0 Å². The first-order valence-electron chi connectivity index (χ1n) is 32.5. The number of anilines is 11. The molecule has 0 atom stereocenters. The zero-order valence-electron chi connectivity index (χ0n) is 52.5. The Hall–Kier alpha value is -12.5. The van der Waals surface area contributed by atoms with Gasteiger partial charge in [0.2, 0.25) is 0 Å². The van der Waals surface area contributed by atoms with E-state index >= 15 is 0 Å². The van der Waals surface area contributed by atoms with Gasteiger partial charge in [-0.05, 0) is 182 Å². The average Bonchev–Trinajstić information content (AvgIpc) is 1.51. The lowest BCUT2D eigenvalue weighted by Gasteiger charge is -2.35. The number of fused-ring (bicyclic) bond motifs is 13. The van der Waals surface area contributed by atoms with Crippen molar-refractivity contribution in [2.75, 3.05) is 19.6 Å². The van der Waals surface area contributed by atoms with E-state index in [4.69, 9.17) is 6.58 Å². The zero-order chi connectivity index (χ0) is 63.7. The van der Waals surface area contributed by atoms with Crippen LogP contribution in [0.5, 0.6) is 0 Å². The summed E-state index contributed by atoms with van der Waals surface area (Å²) in [6.45, 7) is 8.65. The highest BCUT2D eigenvalue weighted by Crippen LogP contribution is 2.66. The van der Waals surface area contributed by atoms with Gasteiger partial charge in [-0.1, -0.05) is 268 Å². The van der Waals surface area contributed by atoms with Gasteiger partial charge < -0.3 is 19.6 Å². The lowest BCUT2D eigenvalue weighted by Crippen LogP contribution is -2.27. The summed E-state index contributed by atoms with van der Waals surface area (Å²) >= 11 is 0. The van der Waals surface area contributed by atoms with Crippen LogP contribution in [0.25, 0.3) is 54.6 Å². The van der Waals surface area contributed by atoms with E-state index in [2.05, 4.69) is 360 Å². The second kappa shape index (κ2) is 24.9. The van der Waals surface area contributed by atoms with E-state index in [1.54, 1.807) is 6.08 Å². The third kappa shape index (κ3) is 10.2. The molecule has 2 aliphatic rings. The lowest BCUT2D eigenvalue weighted by molar-refractivity contribution is 0.793. The lowest BCUT2D eigenvalue weighted by atomic mass is 9.70. The number of hydrogen-bond acceptors (Lipinski definition) is 4. The van der Waals surface area contributed by atoms with E-state index in [1.165, 1.54) is 76.8 Å². The number of nitrogens with zero attached hydrogens (tertiary/aromatic N) is 4. The SMILES string of the molecule is C=C\C=C/C=C\C=C/C=C\C(=C)N(c1ccccc1)c1ccc2c(c1)C1(c3cc(N(c4ccccc4)c4cccc5ccccc45)ccc3-2)c2cc(N(c3ccccc3)c3cccc4ccccc34)ccc2-c2ccc(N(c3ccccc3)c3cccc4ccccc34)cc21. The van der Waals surface area contributed by atoms with Crippen LogP contribution in [0.15, 0.2) is 395 Å². The van der Waals surface area contributed by atoms with Crippen LogP contribution in [-0.2, 0) is 5.41 Å². The molecule has 14 aromatic carbocycles. The fourth-order valence-corrected chi connectivity index (χ4v) is 14.7. The van der Waals surface area contributed by atoms with Gasteiger partial charge in [0.25, 0.3) is 0 Å². The summed E-state index contributed by atoms with van der Waals surface area (Å²) in [5, 5.41) is 7.03. The highest BCUT2D eigenvalue weighted by atomic mass is 15.2. The molecule has 0 unspecified atom stereocenters. The van der Waals surface area contributed by atoms with Gasteiger partial charge in [-0.15, -0.1) is 0 Å². The predicted molar refractivity (Wildman–Crippen MR) is 404 cm³/mol. The van der Waals surface area contributed by atoms with Gasteiger partial charge in [0.05, 0.1) is 22.5 Å². The highest BCUT2D eigenvalue weighted by Gasteiger charge is 2.53. The Bertz CT molecular complexity index is 5000. The molecule has 0 saturated carbocycles. The molecule has 14 aromatic rings. The molecule has 4 heteroatoms. The Morgan fingerprint density at radius 3 is 0.926 bits per heavy atom. The van der Waals surface area contributed by atoms with Gasteiger partial charge in [0, 0.05) is 67.4 Å². The van der Waals surface area contributed by atoms with Crippen molar-refractivity contribution in [3.63, 3.8) is 0 Å². The Labute approximate surface area is 556 Å². The molecular formula is C91H66N4. The normalized spacial score (nSPS) is 12.6. The number of para-hydroxylation sites is 4. The van der Waals surface area contributed by atoms with Crippen LogP contribution >= 0.6 is 0 Å². The number of rotatable bonds is 17. The first-order chi connectivity index (χ1) is 47.0. The molecular weight excluding hydrogens is 1150 g/mol. The predicted octanol–water partition coefficient (Wildman–Crippen LogP) is 25.0. The third-order valence-corrected chi connectivity index (χ3v) is 18.7. The largest absolute Gasteiger partial charge is 0.311 e. The average molecular weight is 1220 g/mol. The van der Waals surface area contributed by atoms with Crippen LogP contribution in [0.1, 0.15) is 22.3 Å². The second-order valence-electron chi connectivity index (χ2n) is 24.1. The van der Waals surface area contributed by atoms with E-state index in [1.807, 2.05) is 36.5 Å². The van der Waals surface area contributed by atoms with Crippen molar-refractivity contribution in [3.05, 3.63) is 417 Å². The Balaban J connectivity index is 1.01. The maximum Gasteiger partial charge on any atom is 0.0728 e. The van der Waals surface area contributed by atoms with E-state index < -0.39 is 5.41 Å². The van der Waals surface area contributed by atoms with Crippen LogP contribution in [-0.4, -0.2) is 0 Å². The maximum atomic E-state index is 4.84. The summed E-state index contributed by atoms with van der Waals surface area (Å²) in [4.78, 5) is 9.67. The molecule has 1 spiro atoms. The van der Waals surface area contributed by atoms with Crippen molar-refractivity contribution in [2.24, 2.45) is 0 Å². The summed E-state index contributed by atoms with van der Waals surface area (Å²) < 4.78 is 0. The Kier molecular flexibility index (Phi) is 15.1. The molecule has 0 fully saturated rings. The van der Waals surface area contributed by atoms with Crippen LogP contribution in [0.3, 0.4) is 0 Å². The Morgan fingerprint density at radius 1 is 0.263 bits per heavy atom. The molecule has 0 aromatic heterocycles. The van der Waals surface area contributed by atoms with Gasteiger partial charge in [-0.2, -0.15) is 0 Å². The minimum absolute atomic E-state index is 0.816. The molecule has 0 N–H and O–H groups in total. The molecule has 4 nitrogen and oxygen atoms in total. The topological polar surface area (TPSA) is 13.0 Å². The molecule has 0 bridgehead atoms. The fraction of sp³-hybridized carbons (Fsp3) is 0.0110. The minimum atomic E-state index is -0.939. The fourth-order valence-electron chi connectivity index (χ4n) is 14.7. The van der Waals surface area contributed by atoms with E-state index in [9.17, 15) is 0 Å². The van der Waals surface area contributed by atoms with Crippen molar-refractivity contribution >= 4 is 94.9 Å². The smallest absolute Gasteiger partial charge is 0.0728 e. The molecule has 0 amide bonds. The van der Waals surface area contributed by atoms with E-state index in [0.717, 1.165) is 68.3 Å². The van der Waals surface area contributed by atoms with Crippen LogP contribution in [0.4, 0.5) is 62.6 Å². The second-order valence-corrected chi connectivity index (χ2v) is 24.1. The van der Waals surface area contributed by atoms with Gasteiger partial charge in [0.1, 0.15) is 0 Å². The van der Waals surface area contributed by atoms with E-state index in [0.29, 0.717) is 0 Å². The van der Waals surface area contributed by atoms with Gasteiger partial charge >= 0.3 is 0 Å². The quantitative estimate of drug-likeness (QED) is 0.0843. The summed E-state index contributed by atoms with van der Waals surface area (Å²) in [7, 11) is 0. The number of hydrogen-bond donors (Lipinski definition) is 0. The molecule has 450 valence electrons. The molecule has 16 rings (SSSR count). The van der Waals surface area contributed by atoms with Crippen molar-refractivity contribution < 1.29 is 0 Å². The maximum absolute atomic E-state index is 4.84. The molecule has 0 heterocycles. The summed E-state index contributed by atoms with van der Waals surface area (Å²) in [6, 6.07) is 118. The standard InChI is InChI=1S/C91H66N4/c1-3-4-5-6-7-8-9-14-32-65(2)92(69-39-15-10-16-40-69)73-53-57-80-81-58-54-74(93(70-41-17-11-18-42-70)88-50-29-36-66-33-23-26-47-77(66)88)62-85(81)91(84(80)61-73)86-63-75(94(71-43-19-12-20-44-71)89-51-30-37-67-34-24-27-48-78(67)89)55-59-82(86)83-60-56-76(64-87(83)91)95(72-45-21-13-22-46-72)90-52-31-38-68-35-25-28-49-79(68)90/h3-64H,1-2H2/b5-4-,7-6-,9-8-,32-14-. The minimum Gasteiger partial charge on any atom is -0.311 e. The summed E-state index contributed by atoms with van der Waals surface area (Å²) in [6.07, 6.45) is 17.9. The van der Waals surface area contributed by atoms with Crippen molar-refractivity contribution in [2.45, 2.75) is 5.41 Å². The highest BCUT2D eigenvalue weighted by molar-refractivity contribution is 6.05. The van der Waals surface area contributed by atoms with Crippen molar-refractivity contribution in [1.82, 2.24) is 0 Å². The zero-order valence-corrected chi connectivity index (χ0v) is 52.5. The summed E-state index contributed by atoms with van der Waals surface area (Å²) in [5.74, 6) is 0. The molecule has 2 aliphatic carbocycles. The monoisotopic (exact) mass is 1210 g/mol. The van der Waals surface area contributed by atoms with Gasteiger partial charge in [-0.3, -0.25) is 0 Å². The number of allylic oxidation sites excluding steroid dienone is 9. The van der Waals surface area contributed by atoms with Crippen LogP contribution in [0.2, 0.25) is 0 Å². The van der Waals surface area contributed by atoms with Crippen molar-refractivity contribution in [3.8, 4) is 22.3 Å². The van der Waals surface area contributed by atoms with Crippen LogP contribution in [0, 0.1) is 0 Å². The van der Waals surface area contributed by atoms with Gasteiger partial charge in [-0.25, -0.2) is 0 Å². The number of benzene rings is 14. The summed E-state index contributed by atoms with van der Waals surface area (Å²) in [5.41, 5.74) is 20.9. The Morgan fingerprint density at radius 2 is 0.558 bits per heavy atom. The van der Waals surface area contributed by atoms with Crippen LogP contribution < -0.4 is 19.6 Å².